The summed E-state index contributed by atoms with van der Waals surface area (Å²) < 4.78 is 5.08. The fourth-order valence-electron chi connectivity index (χ4n) is 1.81. The maximum atomic E-state index is 12.2. The Bertz CT molecular complexity index is 458. The van der Waals surface area contributed by atoms with E-state index in [0.29, 0.717) is 24.5 Å². The van der Waals surface area contributed by atoms with Crippen molar-refractivity contribution in [2.45, 2.75) is 33.6 Å². The molecule has 0 saturated carbocycles. The third kappa shape index (κ3) is 5.17. The Balaban J connectivity index is 2.65. The average molecular weight is 279 g/mol. The summed E-state index contributed by atoms with van der Waals surface area (Å²) in [6.07, 6.45) is 1.65. The molecule has 0 aliphatic carbocycles. The lowest BCUT2D eigenvalue weighted by Crippen LogP contribution is -2.34. The SMILES string of the molecule is CCc1cc(C(=O)NCC(C)(C)CCOC)cc(N)n1. The number of carbonyl (C=O) groups is 1. The first kappa shape index (κ1) is 16.4. The van der Waals surface area contributed by atoms with Gasteiger partial charge >= 0.3 is 0 Å². The van der Waals surface area contributed by atoms with E-state index >= 15 is 0 Å². The molecule has 5 heteroatoms. The van der Waals surface area contributed by atoms with Crippen molar-refractivity contribution in [3.05, 3.63) is 23.4 Å². The van der Waals surface area contributed by atoms with Crippen molar-refractivity contribution in [1.82, 2.24) is 10.3 Å². The molecule has 0 aliphatic heterocycles. The van der Waals surface area contributed by atoms with Gasteiger partial charge in [-0.15, -0.1) is 0 Å². The number of hydrogen-bond acceptors (Lipinski definition) is 4. The Morgan fingerprint density at radius 2 is 2.15 bits per heavy atom. The fraction of sp³-hybridized carbons (Fsp3) is 0.600. The number of aryl methyl sites for hydroxylation is 1. The number of methoxy groups -OCH3 is 1. The van der Waals surface area contributed by atoms with Crippen LogP contribution in [-0.2, 0) is 11.2 Å². The summed E-state index contributed by atoms with van der Waals surface area (Å²) in [7, 11) is 1.68. The summed E-state index contributed by atoms with van der Waals surface area (Å²) in [6.45, 7) is 7.47. The Morgan fingerprint density at radius 1 is 1.45 bits per heavy atom. The van der Waals surface area contributed by atoms with Crippen molar-refractivity contribution in [2.75, 3.05) is 26.0 Å². The molecule has 1 rings (SSSR count). The highest BCUT2D eigenvalue weighted by atomic mass is 16.5. The smallest absolute Gasteiger partial charge is 0.251 e. The number of carbonyl (C=O) groups excluding carboxylic acids is 1. The minimum absolute atomic E-state index is 0.00215. The quantitative estimate of drug-likeness (QED) is 0.800. The first-order valence-electron chi connectivity index (χ1n) is 6.91. The van der Waals surface area contributed by atoms with Crippen LogP contribution < -0.4 is 11.1 Å². The van der Waals surface area contributed by atoms with Gasteiger partial charge in [-0.25, -0.2) is 4.98 Å². The zero-order valence-electron chi connectivity index (χ0n) is 12.8. The minimum Gasteiger partial charge on any atom is -0.385 e. The Kier molecular flexibility index (Phi) is 5.95. The zero-order chi connectivity index (χ0) is 15.2. The monoisotopic (exact) mass is 279 g/mol. The average Bonchev–Trinajstić information content (AvgIpc) is 2.42. The summed E-state index contributed by atoms with van der Waals surface area (Å²) in [4.78, 5) is 16.3. The standard InChI is InChI=1S/C15H25N3O2/c1-5-12-8-11(9-13(16)18-12)14(19)17-10-15(2,3)6-7-20-4/h8-9H,5-7,10H2,1-4H3,(H2,16,18)(H,17,19). The van der Waals surface area contributed by atoms with E-state index in [2.05, 4.69) is 24.1 Å². The first-order chi connectivity index (χ1) is 9.38. The molecular formula is C15H25N3O2. The van der Waals surface area contributed by atoms with Crippen LogP contribution in [0.3, 0.4) is 0 Å². The van der Waals surface area contributed by atoms with Crippen molar-refractivity contribution in [3.63, 3.8) is 0 Å². The van der Waals surface area contributed by atoms with E-state index in [1.165, 1.54) is 0 Å². The molecule has 0 unspecified atom stereocenters. The molecule has 3 N–H and O–H groups in total. The van der Waals surface area contributed by atoms with Gasteiger partial charge in [0.1, 0.15) is 5.82 Å². The van der Waals surface area contributed by atoms with E-state index in [1.807, 2.05) is 6.92 Å². The van der Waals surface area contributed by atoms with Gasteiger partial charge in [0.2, 0.25) is 0 Å². The number of pyridine rings is 1. The highest BCUT2D eigenvalue weighted by molar-refractivity contribution is 5.94. The number of rotatable bonds is 7. The lowest BCUT2D eigenvalue weighted by molar-refractivity contribution is 0.0921. The molecule has 0 aliphatic rings. The third-order valence-electron chi connectivity index (χ3n) is 3.23. The lowest BCUT2D eigenvalue weighted by Gasteiger charge is -2.24. The molecule has 0 radical (unpaired) electrons. The summed E-state index contributed by atoms with van der Waals surface area (Å²) in [5.74, 6) is 0.271. The molecule has 0 atom stereocenters. The first-order valence-corrected chi connectivity index (χ1v) is 6.91. The Labute approximate surface area is 120 Å². The number of hydrogen-bond donors (Lipinski definition) is 2. The van der Waals surface area contributed by atoms with Gasteiger partial charge in [-0.3, -0.25) is 4.79 Å². The van der Waals surface area contributed by atoms with Crippen LogP contribution in [0.15, 0.2) is 12.1 Å². The lowest BCUT2D eigenvalue weighted by atomic mass is 9.89. The molecule has 0 fully saturated rings. The summed E-state index contributed by atoms with van der Waals surface area (Å²) in [5.41, 5.74) is 7.10. The van der Waals surface area contributed by atoms with E-state index in [1.54, 1.807) is 19.2 Å². The maximum absolute atomic E-state index is 12.2. The molecule has 0 saturated heterocycles. The molecule has 0 bridgehead atoms. The van der Waals surface area contributed by atoms with E-state index in [-0.39, 0.29) is 11.3 Å². The van der Waals surface area contributed by atoms with E-state index < -0.39 is 0 Å². The summed E-state index contributed by atoms with van der Waals surface area (Å²) in [6, 6.07) is 3.39. The second-order valence-electron chi connectivity index (χ2n) is 5.72. The highest BCUT2D eigenvalue weighted by Gasteiger charge is 2.19. The Morgan fingerprint density at radius 3 is 2.75 bits per heavy atom. The van der Waals surface area contributed by atoms with Crippen molar-refractivity contribution in [1.29, 1.82) is 0 Å². The molecule has 1 aromatic heterocycles. The van der Waals surface area contributed by atoms with Gasteiger partial charge in [0, 0.05) is 31.5 Å². The number of amides is 1. The zero-order valence-corrected chi connectivity index (χ0v) is 12.8. The minimum atomic E-state index is -0.112. The van der Waals surface area contributed by atoms with E-state index in [4.69, 9.17) is 10.5 Å². The van der Waals surface area contributed by atoms with Crippen molar-refractivity contribution < 1.29 is 9.53 Å². The molecule has 1 heterocycles. The molecule has 0 aromatic carbocycles. The van der Waals surface area contributed by atoms with Crippen molar-refractivity contribution in [2.24, 2.45) is 5.41 Å². The van der Waals surface area contributed by atoms with Crippen LogP contribution in [0.1, 0.15) is 43.2 Å². The van der Waals surface area contributed by atoms with Gasteiger partial charge < -0.3 is 15.8 Å². The number of anilines is 1. The molecule has 20 heavy (non-hydrogen) atoms. The number of nitrogens with zero attached hydrogens (tertiary/aromatic N) is 1. The number of nitrogens with one attached hydrogen (secondary N) is 1. The molecule has 0 spiro atoms. The third-order valence-corrected chi connectivity index (χ3v) is 3.23. The molecule has 1 aromatic rings. The van der Waals surface area contributed by atoms with Crippen LogP contribution in [-0.4, -0.2) is 31.2 Å². The maximum Gasteiger partial charge on any atom is 0.251 e. The van der Waals surface area contributed by atoms with Crippen LogP contribution in [0.2, 0.25) is 0 Å². The molecule has 112 valence electrons. The summed E-state index contributed by atoms with van der Waals surface area (Å²) >= 11 is 0. The van der Waals surface area contributed by atoms with Crippen molar-refractivity contribution >= 4 is 11.7 Å². The van der Waals surface area contributed by atoms with Gasteiger partial charge in [0.25, 0.3) is 5.91 Å². The van der Waals surface area contributed by atoms with E-state index in [9.17, 15) is 4.79 Å². The Hall–Kier alpha value is -1.62. The second-order valence-corrected chi connectivity index (χ2v) is 5.72. The van der Waals surface area contributed by atoms with Crippen LogP contribution in [0.25, 0.3) is 0 Å². The molecular weight excluding hydrogens is 254 g/mol. The number of ether oxygens (including phenoxy) is 1. The summed E-state index contributed by atoms with van der Waals surface area (Å²) in [5, 5.41) is 2.95. The fourth-order valence-corrected chi connectivity index (χ4v) is 1.81. The predicted molar refractivity (Wildman–Crippen MR) is 80.6 cm³/mol. The molecule has 5 nitrogen and oxygen atoms in total. The number of aromatic nitrogens is 1. The topological polar surface area (TPSA) is 77.2 Å². The number of nitrogen functional groups attached to an aromatic ring is 1. The van der Waals surface area contributed by atoms with Gasteiger partial charge in [0.05, 0.1) is 0 Å². The van der Waals surface area contributed by atoms with Crippen LogP contribution >= 0.6 is 0 Å². The van der Waals surface area contributed by atoms with Crippen molar-refractivity contribution in [3.8, 4) is 0 Å². The normalized spacial score (nSPS) is 11.4. The predicted octanol–water partition coefficient (Wildman–Crippen LogP) is 2.02. The van der Waals surface area contributed by atoms with E-state index in [0.717, 1.165) is 18.5 Å². The van der Waals surface area contributed by atoms with Gasteiger partial charge in [-0.1, -0.05) is 20.8 Å². The van der Waals surface area contributed by atoms with Gasteiger partial charge in [-0.05, 0) is 30.4 Å². The second kappa shape index (κ2) is 7.24. The van der Waals surface area contributed by atoms with Crippen LogP contribution in [0, 0.1) is 5.41 Å². The largest absolute Gasteiger partial charge is 0.385 e. The van der Waals surface area contributed by atoms with Gasteiger partial charge in [0.15, 0.2) is 0 Å². The number of nitrogens with two attached hydrogens (primary N) is 1. The van der Waals surface area contributed by atoms with Crippen LogP contribution in [0.5, 0.6) is 0 Å². The highest BCUT2D eigenvalue weighted by Crippen LogP contribution is 2.19. The molecule has 1 amide bonds. The van der Waals surface area contributed by atoms with Gasteiger partial charge in [-0.2, -0.15) is 0 Å². The van der Waals surface area contributed by atoms with Crippen LogP contribution in [0.4, 0.5) is 5.82 Å².